The summed E-state index contributed by atoms with van der Waals surface area (Å²) < 4.78 is 4.69. The van der Waals surface area contributed by atoms with Crippen LogP contribution in [0.2, 0.25) is 0 Å². The molecule has 1 aromatic carbocycles. The van der Waals surface area contributed by atoms with Crippen molar-refractivity contribution < 1.29 is 24.5 Å². The molecule has 3 N–H and O–H groups in total. The molecule has 6 nitrogen and oxygen atoms in total. The SMILES string of the molecule is CC(CO)(NC(=O)COCC(=O)O)c1ccccc1. The second-order valence-electron chi connectivity index (χ2n) is 4.29. The fourth-order valence-corrected chi connectivity index (χ4v) is 1.58. The first-order valence-corrected chi connectivity index (χ1v) is 5.75. The molecular formula is C13H17NO5. The number of carbonyl (C=O) groups excluding carboxylic acids is 1. The van der Waals surface area contributed by atoms with Gasteiger partial charge in [-0.2, -0.15) is 0 Å². The molecule has 0 heterocycles. The molecule has 0 spiro atoms. The highest BCUT2D eigenvalue weighted by molar-refractivity contribution is 5.78. The zero-order valence-corrected chi connectivity index (χ0v) is 10.6. The summed E-state index contributed by atoms with van der Waals surface area (Å²) in [7, 11) is 0. The third kappa shape index (κ3) is 4.69. The second kappa shape index (κ2) is 6.86. The van der Waals surface area contributed by atoms with Crippen LogP contribution in [0.15, 0.2) is 30.3 Å². The molecule has 0 aliphatic carbocycles. The van der Waals surface area contributed by atoms with Crippen molar-refractivity contribution in [1.82, 2.24) is 5.32 Å². The largest absolute Gasteiger partial charge is 0.480 e. The predicted molar refractivity (Wildman–Crippen MR) is 67.5 cm³/mol. The van der Waals surface area contributed by atoms with Crippen molar-refractivity contribution in [2.75, 3.05) is 19.8 Å². The normalized spacial score (nSPS) is 13.6. The zero-order chi connectivity index (χ0) is 14.3. The Labute approximate surface area is 111 Å². The number of aliphatic carboxylic acids is 1. The predicted octanol–water partition coefficient (Wildman–Crippen LogP) is 0.112. The lowest BCUT2D eigenvalue weighted by Gasteiger charge is -2.29. The van der Waals surface area contributed by atoms with Gasteiger partial charge in [0.25, 0.3) is 0 Å². The topological polar surface area (TPSA) is 95.9 Å². The summed E-state index contributed by atoms with van der Waals surface area (Å²) in [5.41, 5.74) is -0.172. The Morgan fingerprint density at radius 1 is 1.26 bits per heavy atom. The molecule has 1 atom stereocenters. The van der Waals surface area contributed by atoms with Crippen molar-refractivity contribution in [2.24, 2.45) is 0 Å². The lowest BCUT2D eigenvalue weighted by Crippen LogP contribution is -2.47. The van der Waals surface area contributed by atoms with Crippen LogP contribution in [0.1, 0.15) is 12.5 Å². The molecule has 0 saturated carbocycles. The van der Waals surface area contributed by atoms with Crippen LogP contribution in [0, 0.1) is 0 Å². The molecule has 0 aliphatic heterocycles. The molecule has 104 valence electrons. The van der Waals surface area contributed by atoms with E-state index in [-0.39, 0.29) is 13.2 Å². The van der Waals surface area contributed by atoms with Crippen LogP contribution in [0.4, 0.5) is 0 Å². The second-order valence-corrected chi connectivity index (χ2v) is 4.29. The van der Waals surface area contributed by atoms with Gasteiger partial charge in [0.05, 0.1) is 12.1 Å². The van der Waals surface area contributed by atoms with Gasteiger partial charge in [-0.15, -0.1) is 0 Å². The maximum absolute atomic E-state index is 11.6. The number of amides is 1. The Hall–Kier alpha value is -1.92. The van der Waals surface area contributed by atoms with Gasteiger partial charge in [0.15, 0.2) is 0 Å². The zero-order valence-electron chi connectivity index (χ0n) is 10.6. The number of benzene rings is 1. The Morgan fingerprint density at radius 2 is 1.89 bits per heavy atom. The smallest absolute Gasteiger partial charge is 0.329 e. The van der Waals surface area contributed by atoms with Crippen LogP contribution in [0.3, 0.4) is 0 Å². The summed E-state index contributed by atoms with van der Waals surface area (Å²) in [6, 6.07) is 9.01. The van der Waals surface area contributed by atoms with Gasteiger partial charge < -0.3 is 20.3 Å². The summed E-state index contributed by atoms with van der Waals surface area (Å²) in [6.45, 7) is 0.502. The molecule has 0 aromatic heterocycles. The molecule has 19 heavy (non-hydrogen) atoms. The van der Waals surface area contributed by atoms with Gasteiger partial charge in [0.1, 0.15) is 13.2 Å². The molecule has 1 unspecified atom stereocenters. The first kappa shape index (κ1) is 15.1. The van der Waals surface area contributed by atoms with E-state index >= 15 is 0 Å². The molecule has 0 fully saturated rings. The first-order valence-electron chi connectivity index (χ1n) is 5.75. The van der Waals surface area contributed by atoms with E-state index in [1.54, 1.807) is 31.2 Å². The van der Waals surface area contributed by atoms with Crippen molar-refractivity contribution in [3.63, 3.8) is 0 Å². The summed E-state index contributed by atoms with van der Waals surface area (Å²) >= 11 is 0. The number of aliphatic hydroxyl groups excluding tert-OH is 1. The van der Waals surface area contributed by atoms with Gasteiger partial charge in [0.2, 0.25) is 5.91 Å². The highest BCUT2D eigenvalue weighted by Crippen LogP contribution is 2.19. The van der Waals surface area contributed by atoms with Gasteiger partial charge in [0, 0.05) is 0 Å². The number of aliphatic hydroxyl groups is 1. The standard InChI is InChI=1S/C13H17NO5/c1-13(9-15,10-5-3-2-4-6-10)14-11(16)7-19-8-12(17)18/h2-6,15H,7-9H2,1H3,(H,14,16)(H,17,18). The Kier molecular flexibility index (Phi) is 5.47. The van der Waals surface area contributed by atoms with Gasteiger partial charge in [-0.1, -0.05) is 30.3 Å². The van der Waals surface area contributed by atoms with Crippen molar-refractivity contribution in [1.29, 1.82) is 0 Å². The third-order valence-electron chi connectivity index (χ3n) is 2.60. The minimum Gasteiger partial charge on any atom is -0.480 e. The Morgan fingerprint density at radius 3 is 2.42 bits per heavy atom. The van der Waals surface area contributed by atoms with E-state index in [2.05, 4.69) is 10.1 Å². The summed E-state index contributed by atoms with van der Waals surface area (Å²) in [4.78, 5) is 21.9. The number of carboxylic acid groups (broad SMARTS) is 1. The first-order chi connectivity index (χ1) is 8.98. The summed E-state index contributed by atoms with van der Waals surface area (Å²) in [5.74, 6) is -1.62. The van der Waals surface area contributed by atoms with E-state index in [0.29, 0.717) is 0 Å². The molecule has 0 radical (unpaired) electrons. The summed E-state index contributed by atoms with van der Waals surface area (Å²) in [6.07, 6.45) is 0. The molecule has 1 amide bonds. The lowest BCUT2D eigenvalue weighted by molar-refractivity contribution is -0.144. The fourth-order valence-electron chi connectivity index (χ4n) is 1.58. The van der Waals surface area contributed by atoms with Crippen molar-refractivity contribution >= 4 is 11.9 Å². The van der Waals surface area contributed by atoms with E-state index < -0.39 is 24.0 Å². The monoisotopic (exact) mass is 267 g/mol. The number of hydrogen-bond donors (Lipinski definition) is 3. The Balaban J connectivity index is 2.61. The molecular weight excluding hydrogens is 250 g/mol. The fraction of sp³-hybridized carbons (Fsp3) is 0.385. The molecule has 1 aromatic rings. The lowest BCUT2D eigenvalue weighted by atomic mass is 9.93. The molecule has 1 rings (SSSR count). The van der Waals surface area contributed by atoms with E-state index in [4.69, 9.17) is 5.11 Å². The third-order valence-corrected chi connectivity index (χ3v) is 2.60. The van der Waals surface area contributed by atoms with E-state index in [1.165, 1.54) is 0 Å². The van der Waals surface area contributed by atoms with Crippen LogP contribution >= 0.6 is 0 Å². The average Bonchev–Trinajstić information content (AvgIpc) is 2.39. The van der Waals surface area contributed by atoms with Crippen LogP contribution < -0.4 is 5.32 Å². The van der Waals surface area contributed by atoms with Crippen molar-refractivity contribution in [2.45, 2.75) is 12.5 Å². The molecule has 6 heteroatoms. The minimum absolute atomic E-state index is 0.276. The Bertz CT molecular complexity index is 434. The van der Waals surface area contributed by atoms with Crippen LogP contribution in [0.5, 0.6) is 0 Å². The minimum atomic E-state index is -1.14. The molecule has 0 saturated heterocycles. The number of rotatable bonds is 7. The summed E-state index contributed by atoms with van der Waals surface area (Å²) in [5, 5.41) is 20.5. The van der Waals surface area contributed by atoms with Crippen molar-refractivity contribution in [3.8, 4) is 0 Å². The van der Waals surface area contributed by atoms with E-state index in [0.717, 1.165) is 5.56 Å². The number of ether oxygens (including phenoxy) is 1. The number of hydrogen-bond acceptors (Lipinski definition) is 4. The maximum atomic E-state index is 11.6. The highest BCUT2D eigenvalue weighted by atomic mass is 16.5. The van der Waals surface area contributed by atoms with Gasteiger partial charge in [-0.3, -0.25) is 4.79 Å². The average molecular weight is 267 g/mol. The van der Waals surface area contributed by atoms with E-state index in [1.807, 2.05) is 6.07 Å². The molecule has 0 bridgehead atoms. The van der Waals surface area contributed by atoms with Crippen molar-refractivity contribution in [3.05, 3.63) is 35.9 Å². The van der Waals surface area contributed by atoms with Crippen LogP contribution in [-0.4, -0.2) is 41.9 Å². The van der Waals surface area contributed by atoms with Gasteiger partial charge in [-0.05, 0) is 12.5 Å². The highest BCUT2D eigenvalue weighted by Gasteiger charge is 2.27. The maximum Gasteiger partial charge on any atom is 0.329 e. The van der Waals surface area contributed by atoms with Gasteiger partial charge in [-0.25, -0.2) is 4.79 Å². The molecule has 0 aliphatic rings. The van der Waals surface area contributed by atoms with Crippen LogP contribution in [-0.2, 0) is 19.9 Å². The number of carbonyl (C=O) groups is 2. The number of carboxylic acids is 1. The van der Waals surface area contributed by atoms with Gasteiger partial charge >= 0.3 is 5.97 Å². The number of nitrogens with one attached hydrogen (secondary N) is 1. The van der Waals surface area contributed by atoms with E-state index in [9.17, 15) is 14.7 Å². The van der Waals surface area contributed by atoms with Crippen LogP contribution in [0.25, 0.3) is 0 Å². The quantitative estimate of drug-likeness (QED) is 0.651.